The Bertz CT molecular complexity index is 680. The topological polar surface area (TPSA) is 54.3 Å². The van der Waals surface area contributed by atoms with Crippen molar-refractivity contribution in [3.63, 3.8) is 0 Å². The maximum absolute atomic E-state index is 9.09. The van der Waals surface area contributed by atoms with Gasteiger partial charge in [0, 0.05) is 18.3 Å². The van der Waals surface area contributed by atoms with Crippen LogP contribution in [-0.2, 0) is 6.54 Å². The summed E-state index contributed by atoms with van der Waals surface area (Å²) in [7, 11) is 3.19. The molecule has 0 aromatic heterocycles. The molecule has 0 heterocycles. The van der Waals surface area contributed by atoms with Crippen LogP contribution in [0, 0.1) is 11.3 Å². The van der Waals surface area contributed by atoms with Gasteiger partial charge in [0.25, 0.3) is 0 Å². The highest BCUT2D eigenvalue weighted by Crippen LogP contribution is 2.28. The average molecular weight is 347 g/mol. The van der Waals surface area contributed by atoms with E-state index < -0.39 is 0 Å². The van der Waals surface area contributed by atoms with Crippen molar-refractivity contribution in [1.29, 1.82) is 5.26 Å². The Morgan fingerprint density at radius 2 is 1.86 bits per heavy atom. The van der Waals surface area contributed by atoms with Gasteiger partial charge in [-0.1, -0.05) is 6.07 Å². The standard InChI is InChI=1S/C16H15BrN2O2/c1-20-15-6-3-11(7-12(15)9-18)10-19-13-4-5-14(17)16(8-13)21-2/h3-8,19H,10H2,1-2H3. The third-order valence-corrected chi connectivity index (χ3v) is 3.69. The van der Waals surface area contributed by atoms with Crippen molar-refractivity contribution >= 4 is 21.6 Å². The van der Waals surface area contributed by atoms with E-state index in [1.165, 1.54) is 0 Å². The van der Waals surface area contributed by atoms with Gasteiger partial charge < -0.3 is 14.8 Å². The molecule has 0 spiro atoms. The lowest BCUT2D eigenvalue weighted by Gasteiger charge is -2.10. The summed E-state index contributed by atoms with van der Waals surface area (Å²) in [5.41, 5.74) is 2.49. The Morgan fingerprint density at radius 1 is 1.10 bits per heavy atom. The lowest BCUT2D eigenvalue weighted by Crippen LogP contribution is -2.01. The number of hydrogen-bond acceptors (Lipinski definition) is 4. The molecule has 0 radical (unpaired) electrons. The second kappa shape index (κ2) is 7.00. The molecule has 0 unspecified atom stereocenters. The molecule has 1 N–H and O–H groups in total. The molecule has 0 bridgehead atoms. The zero-order chi connectivity index (χ0) is 15.2. The van der Waals surface area contributed by atoms with E-state index in [2.05, 4.69) is 27.3 Å². The van der Waals surface area contributed by atoms with Gasteiger partial charge in [-0.15, -0.1) is 0 Å². The average Bonchev–Trinajstić information content (AvgIpc) is 2.53. The highest BCUT2D eigenvalue weighted by atomic mass is 79.9. The van der Waals surface area contributed by atoms with E-state index in [0.29, 0.717) is 17.9 Å². The van der Waals surface area contributed by atoms with Crippen LogP contribution in [0.4, 0.5) is 5.69 Å². The number of nitrogens with one attached hydrogen (secondary N) is 1. The molecular weight excluding hydrogens is 332 g/mol. The summed E-state index contributed by atoms with van der Waals surface area (Å²) in [6, 6.07) is 13.5. The largest absolute Gasteiger partial charge is 0.495 e. The number of benzene rings is 2. The van der Waals surface area contributed by atoms with Gasteiger partial charge in [0.05, 0.1) is 24.3 Å². The van der Waals surface area contributed by atoms with Gasteiger partial charge in [-0.2, -0.15) is 5.26 Å². The van der Waals surface area contributed by atoms with Crippen LogP contribution in [0.2, 0.25) is 0 Å². The van der Waals surface area contributed by atoms with Gasteiger partial charge in [-0.25, -0.2) is 0 Å². The zero-order valence-electron chi connectivity index (χ0n) is 11.8. The number of hydrogen-bond donors (Lipinski definition) is 1. The lowest BCUT2D eigenvalue weighted by atomic mass is 10.1. The van der Waals surface area contributed by atoms with Crippen LogP contribution >= 0.6 is 15.9 Å². The van der Waals surface area contributed by atoms with Crippen molar-refractivity contribution in [1.82, 2.24) is 0 Å². The Hall–Kier alpha value is -2.19. The van der Waals surface area contributed by atoms with Crippen LogP contribution in [-0.4, -0.2) is 14.2 Å². The third-order valence-electron chi connectivity index (χ3n) is 3.03. The number of ether oxygens (including phenoxy) is 2. The van der Waals surface area contributed by atoms with Crippen molar-refractivity contribution in [3.05, 3.63) is 52.0 Å². The summed E-state index contributed by atoms with van der Waals surface area (Å²) in [6.07, 6.45) is 0. The van der Waals surface area contributed by atoms with Gasteiger partial charge in [0.2, 0.25) is 0 Å². The van der Waals surface area contributed by atoms with Gasteiger partial charge >= 0.3 is 0 Å². The second-order valence-electron chi connectivity index (χ2n) is 4.35. The maximum atomic E-state index is 9.09. The SMILES string of the molecule is COc1cc(NCc2ccc(OC)c(C#N)c2)ccc1Br. The molecule has 5 heteroatoms. The summed E-state index contributed by atoms with van der Waals surface area (Å²) < 4.78 is 11.3. The Morgan fingerprint density at radius 3 is 2.52 bits per heavy atom. The van der Waals surface area contributed by atoms with E-state index in [1.54, 1.807) is 20.3 Å². The minimum absolute atomic E-state index is 0.533. The molecule has 0 aliphatic carbocycles. The molecule has 0 amide bonds. The molecule has 2 aromatic carbocycles. The van der Waals surface area contributed by atoms with Crippen LogP contribution < -0.4 is 14.8 Å². The van der Waals surface area contributed by atoms with Crippen molar-refractivity contribution < 1.29 is 9.47 Å². The fourth-order valence-electron chi connectivity index (χ4n) is 1.93. The highest BCUT2D eigenvalue weighted by molar-refractivity contribution is 9.10. The third kappa shape index (κ3) is 3.67. The Kier molecular flexibility index (Phi) is 5.07. The van der Waals surface area contributed by atoms with Gasteiger partial charge in [0.1, 0.15) is 17.6 Å². The predicted molar refractivity (Wildman–Crippen MR) is 85.7 cm³/mol. The molecule has 21 heavy (non-hydrogen) atoms. The minimum Gasteiger partial charge on any atom is -0.495 e. The van der Waals surface area contributed by atoms with Crippen molar-refractivity contribution in [3.8, 4) is 17.6 Å². The number of methoxy groups -OCH3 is 2. The lowest BCUT2D eigenvalue weighted by molar-refractivity contribution is 0.412. The quantitative estimate of drug-likeness (QED) is 0.890. The van der Waals surface area contributed by atoms with E-state index in [1.807, 2.05) is 30.3 Å². The monoisotopic (exact) mass is 346 g/mol. The first kappa shape index (κ1) is 15.2. The summed E-state index contributed by atoms with van der Waals surface area (Å²) in [5, 5.41) is 12.4. The van der Waals surface area contributed by atoms with E-state index in [-0.39, 0.29) is 0 Å². The Balaban J connectivity index is 2.11. The van der Waals surface area contributed by atoms with Crippen molar-refractivity contribution in [2.75, 3.05) is 19.5 Å². The first-order valence-electron chi connectivity index (χ1n) is 6.32. The molecule has 0 saturated heterocycles. The van der Waals surface area contributed by atoms with Gasteiger partial charge in [-0.05, 0) is 45.8 Å². The molecule has 2 rings (SSSR count). The predicted octanol–water partition coefficient (Wildman–Crippen LogP) is 3.95. The van der Waals surface area contributed by atoms with Crippen LogP contribution in [0.5, 0.6) is 11.5 Å². The van der Waals surface area contributed by atoms with Gasteiger partial charge in [0.15, 0.2) is 0 Å². The van der Waals surface area contributed by atoms with Crippen LogP contribution in [0.1, 0.15) is 11.1 Å². The second-order valence-corrected chi connectivity index (χ2v) is 5.20. The number of nitriles is 1. The fourth-order valence-corrected chi connectivity index (χ4v) is 2.33. The maximum Gasteiger partial charge on any atom is 0.136 e. The molecule has 0 saturated carbocycles. The normalized spacial score (nSPS) is 9.81. The molecule has 0 fully saturated rings. The Labute approximate surface area is 132 Å². The number of nitrogens with zero attached hydrogens (tertiary/aromatic N) is 1. The van der Waals surface area contributed by atoms with E-state index in [4.69, 9.17) is 14.7 Å². The number of rotatable bonds is 5. The number of halogens is 1. The summed E-state index contributed by atoms with van der Waals surface area (Å²) in [6.45, 7) is 0.615. The van der Waals surface area contributed by atoms with Crippen molar-refractivity contribution in [2.45, 2.75) is 6.54 Å². The zero-order valence-corrected chi connectivity index (χ0v) is 13.4. The molecule has 108 valence electrons. The van der Waals surface area contributed by atoms with Crippen LogP contribution in [0.15, 0.2) is 40.9 Å². The first-order valence-corrected chi connectivity index (χ1v) is 7.11. The smallest absolute Gasteiger partial charge is 0.136 e. The minimum atomic E-state index is 0.533. The molecular formula is C16H15BrN2O2. The highest BCUT2D eigenvalue weighted by Gasteiger charge is 2.05. The fraction of sp³-hybridized carbons (Fsp3) is 0.188. The summed E-state index contributed by atoms with van der Waals surface area (Å²) in [4.78, 5) is 0. The molecule has 2 aromatic rings. The van der Waals surface area contributed by atoms with E-state index in [9.17, 15) is 0 Å². The van der Waals surface area contributed by atoms with E-state index in [0.717, 1.165) is 21.5 Å². The summed E-state index contributed by atoms with van der Waals surface area (Å²) >= 11 is 3.42. The molecule has 0 aliphatic heterocycles. The molecule has 4 nitrogen and oxygen atoms in total. The van der Waals surface area contributed by atoms with Gasteiger partial charge in [-0.3, -0.25) is 0 Å². The summed E-state index contributed by atoms with van der Waals surface area (Å²) in [5.74, 6) is 1.36. The van der Waals surface area contributed by atoms with Crippen molar-refractivity contribution in [2.24, 2.45) is 0 Å². The first-order chi connectivity index (χ1) is 10.2. The van der Waals surface area contributed by atoms with Crippen LogP contribution in [0.3, 0.4) is 0 Å². The van der Waals surface area contributed by atoms with E-state index >= 15 is 0 Å². The molecule has 0 aliphatic rings. The number of anilines is 1. The molecule has 0 atom stereocenters. The van der Waals surface area contributed by atoms with Crippen LogP contribution in [0.25, 0.3) is 0 Å².